The molecule has 4 aromatic heterocycles. The predicted molar refractivity (Wildman–Crippen MR) is 148 cm³/mol. The Kier molecular flexibility index (Phi) is 11.1. The highest BCUT2D eigenvalue weighted by molar-refractivity contribution is 8.26. The average molecular weight is 638 g/mol. The third kappa shape index (κ3) is 7.46. The van der Waals surface area contributed by atoms with E-state index in [0.717, 1.165) is 50.5 Å². The van der Waals surface area contributed by atoms with E-state index in [4.69, 9.17) is 30.4 Å². The number of imidazole rings is 2. The molecular formula is C22H27Cl3N8O6S. The van der Waals surface area contributed by atoms with Crippen molar-refractivity contribution >= 4 is 53.2 Å². The number of nitrogens with zero attached hydrogens (tertiary/aromatic N) is 6. The molecule has 4 aromatic rings. The fourth-order valence-corrected chi connectivity index (χ4v) is 4.64. The Morgan fingerprint density at radius 2 is 1.25 bits per heavy atom. The number of halogens is 3. The number of aliphatic hydroxyl groups excluding tert-OH is 1. The zero-order valence-corrected chi connectivity index (χ0v) is 24.2. The van der Waals surface area contributed by atoms with Gasteiger partial charge in [-0.25, -0.2) is 23.2 Å². The van der Waals surface area contributed by atoms with Crippen molar-refractivity contribution in [2.45, 2.75) is 50.0 Å². The SMILES string of the molecule is O=S(Cl)Cl.O=c1[nH]c(CCl)nn2c(C3CCOCC3)ncc12.O=c1[nH]c(CO)nn2c(C3CCOCC3)ncc12. The third-order valence-corrected chi connectivity index (χ3v) is 6.65. The highest BCUT2D eigenvalue weighted by Crippen LogP contribution is 2.26. The van der Waals surface area contributed by atoms with Crippen LogP contribution in [-0.2, 0) is 31.2 Å². The van der Waals surface area contributed by atoms with Gasteiger partial charge in [-0.15, -0.1) is 11.6 Å². The van der Waals surface area contributed by atoms with E-state index >= 15 is 0 Å². The summed E-state index contributed by atoms with van der Waals surface area (Å²) in [5.74, 6) is 3.02. The topological polar surface area (TPSA) is 182 Å². The molecule has 0 saturated carbocycles. The maximum absolute atomic E-state index is 11.8. The van der Waals surface area contributed by atoms with Crippen LogP contribution in [0.2, 0.25) is 0 Å². The molecule has 2 saturated heterocycles. The van der Waals surface area contributed by atoms with Crippen molar-refractivity contribution in [3.05, 3.63) is 56.4 Å². The second kappa shape index (κ2) is 14.5. The van der Waals surface area contributed by atoms with Crippen molar-refractivity contribution in [2.24, 2.45) is 0 Å². The molecular weight excluding hydrogens is 611 g/mol. The van der Waals surface area contributed by atoms with Crippen LogP contribution < -0.4 is 11.1 Å². The number of hydrogen-bond acceptors (Lipinski definition) is 10. The summed E-state index contributed by atoms with van der Waals surface area (Å²) in [5, 5.41) is 17.6. The van der Waals surface area contributed by atoms with Gasteiger partial charge < -0.3 is 24.5 Å². The van der Waals surface area contributed by atoms with Crippen LogP contribution in [0.25, 0.3) is 11.0 Å². The Labute approximate surface area is 243 Å². The van der Waals surface area contributed by atoms with E-state index in [9.17, 15) is 9.59 Å². The van der Waals surface area contributed by atoms with E-state index < -0.39 is 9.23 Å². The summed E-state index contributed by atoms with van der Waals surface area (Å²) >= 11 is 5.72. The molecule has 2 aliphatic heterocycles. The number of alkyl halides is 1. The van der Waals surface area contributed by atoms with Gasteiger partial charge in [0.05, 0.1) is 18.3 Å². The summed E-state index contributed by atoms with van der Waals surface area (Å²) in [6.07, 6.45) is 6.66. The lowest BCUT2D eigenvalue weighted by Gasteiger charge is -2.20. The maximum Gasteiger partial charge on any atom is 0.277 e. The quantitative estimate of drug-likeness (QED) is 0.221. The first-order valence-corrected chi connectivity index (χ1v) is 15.7. The number of rotatable bonds is 4. The van der Waals surface area contributed by atoms with E-state index in [1.807, 2.05) is 0 Å². The number of fused-ring (bicyclic) bond motifs is 2. The molecule has 40 heavy (non-hydrogen) atoms. The fraction of sp³-hybridized carbons (Fsp3) is 0.545. The second-order valence-corrected chi connectivity index (χ2v) is 11.7. The Balaban J connectivity index is 0.000000164. The summed E-state index contributed by atoms with van der Waals surface area (Å²) in [7, 11) is 7.36. The molecule has 3 N–H and O–H groups in total. The summed E-state index contributed by atoms with van der Waals surface area (Å²) in [6, 6.07) is 0. The zero-order chi connectivity index (χ0) is 28.6. The molecule has 0 amide bonds. The molecule has 6 rings (SSSR count). The first-order chi connectivity index (χ1) is 19.3. The Bertz CT molecular complexity index is 1450. The van der Waals surface area contributed by atoms with Crippen molar-refractivity contribution in [1.82, 2.24) is 39.2 Å². The van der Waals surface area contributed by atoms with Gasteiger partial charge in [-0.3, -0.25) is 9.59 Å². The Hall–Kier alpha value is -2.40. The maximum atomic E-state index is 11.8. The first-order valence-electron chi connectivity index (χ1n) is 12.3. The highest BCUT2D eigenvalue weighted by Gasteiger charge is 2.23. The molecule has 0 spiro atoms. The van der Waals surface area contributed by atoms with E-state index in [0.29, 0.717) is 36.0 Å². The second-order valence-electron chi connectivity index (χ2n) is 8.88. The number of aromatic nitrogens is 8. The van der Waals surface area contributed by atoms with Gasteiger partial charge in [0.1, 0.15) is 24.1 Å². The number of ether oxygens (including phenoxy) is 2. The molecule has 0 unspecified atom stereocenters. The van der Waals surface area contributed by atoms with Gasteiger partial charge in [-0.1, -0.05) is 0 Å². The van der Waals surface area contributed by atoms with Gasteiger partial charge in [-0.05, 0) is 25.7 Å². The lowest BCUT2D eigenvalue weighted by Crippen LogP contribution is -2.20. The fourth-order valence-electron chi connectivity index (χ4n) is 4.52. The van der Waals surface area contributed by atoms with Gasteiger partial charge >= 0.3 is 0 Å². The standard InChI is InChI=1S/C11H13ClN4O2.C11H14N4O3.Cl2OS/c12-5-9-14-11(17)8-6-13-10(16(8)15-9)7-1-3-18-4-2-7;16-6-9-13-11(17)8-5-12-10(15(8)14-9)7-1-3-18-4-2-7;1-4(2)3/h6-7H,1-5H2,(H,14,15,17);5,7,16H,1-4,6H2,(H,13,14,17);. The van der Waals surface area contributed by atoms with Crippen LogP contribution in [-0.4, -0.2) is 74.9 Å². The van der Waals surface area contributed by atoms with Crippen molar-refractivity contribution in [1.29, 1.82) is 0 Å². The van der Waals surface area contributed by atoms with Gasteiger partial charge in [0, 0.05) is 59.6 Å². The van der Waals surface area contributed by atoms with Gasteiger partial charge in [0.25, 0.3) is 11.1 Å². The highest BCUT2D eigenvalue weighted by atomic mass is 36.0. The average Bonchev–Trinajstić information content (AvgIpc) is 3.59. The van der Waals surface area contributed by atoms with Crippen LogP contribution in [0.1, 0.15) is 60.8 Å². The van der Waals surface area contributed by atoms with Crippen LogP contribution in [0.3, 0.4) is 0 Å². The summed E-state index contributed by atoms with van der Waals surface area (Å²) in [4.78, 5) is 37.4. The molecule has 0 atom stereocenters. The lowest BCUT2D eigenvalue weighted by molar-refractivity contribution is 0.0831. The molecule has 0 aliphatic carbocycles. The van der Waals surface area contributed by atoms with Gasteiger partial charge in [0.2, 0.25) is 9.23 Å². The molecule has 6 heterocycles. The van der Waals surface area contributed by atoms with Crippen LogP contribution in [0.15, 0.2) is 22.0 Å². The number of aliphatic hydroxyl groups is 1. The Morgan fingerprint density at radius 1 is 0.850 bits per heavy atom. The van der Waals surface area contributed by atoms with Gasteiger partial charge in [-0.2, -0.15) is 10.2 Å². The number of aromatic amines is 2. The van der Waals surface area contributed by atoms with Crippen molar-refractivity contribution in [3.8, 4) is 0 Å². The van der Waals surface area contributed by atoms with Crippen LogP contribution in [0.4, 0.5) is 0 Å². The molecule has 18 heteroatoms. The molecule has 218 valence electrons. The minimum atomic E-state index is -1.67. The summed E-state index contributed by atoms with van der Waals surface area (Å²) in [6.45, 7) is 2.57. The van der Waals surface area contributed by atoms with Crippen LogP contribution in [0.5, 0.6) is 0 Å². The number of H-pyrrole nitrogens is 2. The van der Waals surface area contributed by atoms with Crippen LogP contribution in [0, 0.1) is 0 Å². The summed E-state index contributed by atoms with van der Waals surface area (Å²) in [5.41, 5.74) is 0.394. The van der Waals surface area contributed by atoms with Gasteiger partial charge in [0.15, 0.2) is 16.9 Å². The predicted octanol–water partition coefficient (Wildman–Crippen LogP) is 1.90. The van der Waals surface area contributed by atoms with E-state index in [1.165, 1.54) is 6.20 Å². The molecule has 2 aliphatic rings. The van der Waals surface area contributed by atoms with E-state index in [-0.39, 0.29) is 35.3 Å². The summed E-state index contributed by atoms with van der Waals surface area (Å²) < 4.78 is 22.9. The number of nitrogens with one attached hydrogen (secondary N) is 2. The minimum Gasteiger partial charge on any atom is -0.388 e. The van der Waals surface area contributed by atoms with E-state index in [1.54, 1.807) is 15.2 Å². The van der Waals surface area contributed by atoms with Crippen LogP contribution >= 0.6 is 33.0 Å². The number of hydrogen-bond donors (Lipinski definition) is 3. The molecule has 14 nitrogen and oxygen atoms in total. The molecule has 0 radical (unpaired) electrons. The lowest BCUT2D eigenvalue weighted by atomic mass is 10.00. The third-order valence-electron chi connectivity index (χ3n) is 6.40. The largest absolute Gasteiger partial charge is 0.388 e. The molecule has 0 bridgehead atoms. The zero-order valence-electron chi connectivity index (χ0n) is 21.1. The molecule has 0 aromatic carbocycles. The van der Waals surface area contributed by atoms with Crippen molar-refractivity contribution in [3.63, 3.8) is 0 Å². The normalized spacial score (nSPS) is 16.5. The Morgan fingerprint density at radius 3 is 1.65 bits per heavy atom. The van der Waals surface area contributed by atoms with Crippen molar-refractivity contribution < 1.29 is 18.8 Å². The van der Waals surface area contributed by atoms with Crippen molar-refractivity contribution in [2.75, 3.05) is 26.4 Å². The molecule has 2 fully saturated rings. The monoisotopic (exact) mass is 636 g/mol. The first kappa shape index (κ1) is 30.6. The smallest absolute Gasteiger partial charge is 0.277 e. The minimum absolute atomic E-state index is 0.177. The van der Waals surface area contributed by atoms with E-state index in [2.05, 4.69) is 51.5 Å².